The third-order valence-electron chi connectivity index (χ3n) is 2.67. The van der Waals surface area contributed by atoms with E-state index in [1.165, 1.54) is 11.1 Å². The lowest BCUT2D eigenvalue weighted by atomic mass is 10.1. The first-order valence-corrected chi connectivity index (χ1v) is 8.36. The van der Waals surface area contributed by atoms with Crippen LogP contribution in [0.1, 0.15) is 30.9 Å². The van der Waals surface area contributed by atoms with Gasteiger partial charge in [-0.1, -0.05) is 6.07 Å². The van der Waals surface area contributed by atoms with Crippen molar-refractivity contribution in [2.75, 3.05) is 25.1 Å². The van der Waals surface area contributed by atoms with E-state index in [0.29, 0.717) is 6.42 Å². The molecule has 0 aliphatic rings. The van der Waals surface area contributed by atoms with Crippen molar-refractivity contribution in [3.63, 3.8) is 0 Å². The fourth-order valence-corrected chi connectivity index (χ4v) is 2.68. The SMILES string of the molecule is CCOP(=O)(O)OCCCCNc1cc(C)cc(C)c1. The summed E-state index contributed by atoms with van der Waals surface area (Å²) < 4.78 is 20.7. The lowest BCUT2D eigenvalue weighted by molar-refractivity contribution is 0.153. The van der Waals surface area contributed by atoms with E-state index in [1.807, 2.05) is 0 Å². The summed E-state index contributed by atoms with van der Waals surface area (Å²) in [6, 6.07) is 6.33. The number of phosphoric ester groups is 1. The van der Waals surface area contributed by atoms with E-state index in [-0.39, 0.29) is 13.2 Å². The Hall–Kier alpha value is -0.870. The second-order valence-corrected chi connectivity index (χ2v) is 6.18. The lowest BCUT2D eigenvalue weighted by Crippen LogP contribution is -2.04. The Labute approximate surface area is 120 Å². The number of hydrogen-bond acceptors (Lipinski definition) is 4. The number of benzene rings is 1. The van der Waals surface area contributed by atoms with Crippen LogP contribution < -0.4 is 5.32 Å². The van der Waals surface area contributed by atoms with Gasteiger partial charge in [-0.15, -0.1) is 0 Å². The van der Waals surface area contributed by atoms with Crippen molar-refractivity contribution >= 4 is 13.5 Å². The third kappa shape index (κ3) is 7.06. The number of anilines is 1. The molecule has 20 heavy (non-hydrogen) atoms. The summed E-state index contributed by atoms with van der Waals surface area (Å²) in [7, 11) is -3.83. The maximum absolute atomic E-state index is 11.2. The number of hydrogen-bond donors (Lipinski definition) is 2. The predicted molar refractivity (Wildman–Crippen MR) is 81.0 cm³/mol. The van der Waals surface area contributed by atoms with Gasteiger partial charge in [0.1, 0.15) is 0 Å². The summed E-state index contributed by atoms with van der Waals surface area (Å²) in [5.41, 5.74) is 3.56. The topological polar surface area (TPSA) is 67.8 Å². The molecule has 5 nitrogen and oxygen atoms in total. The van der Waals surface area contributed by atoms with E-state index in [2.05, 4.69) is 41.9 Å². The van der Waals surface area contributed by atoms with Crippen molar-refractivity contribution in [2.45, 2.75) is 33.6 Å². The van der Waals surface area contributed by atoms with Gasteiger partial charge in [0.25, 0.3) is 0 Å². The average molecular weight is 301 g/mol. The Morgan fingerprint density at radius 2 is 1.80 bits per heavy atom. The van der Waals surface area contributed by atoms with Crippen molar-refractivity contribution in [3.05, 3.63) is 29.3 Å². The zero-order valence-electron chi connectivity index (χ0n) is 12.4. The monoisotopic (exact) mass is 301 g/mol. The Morgan fingerprint density at radius 1 is 1.15 bits per heavy atom. The molecule has 0 spiro atoms. The molecule has 0 heterocycles. The van der Waals surface area contributed by atoms with Gasteiger partial charge in [-0.05, 0) is 56.9 Å². The largest absolute Gasteiger partial charge is 0.472 e. The van der Waals surface area contributed by atoms with Crippen LogP contribution in [0.25, 0.3) is 0 Å². The summed E-state index contributed by atoms with van der Waals surface area (Å²) in [4.78, 5) is 9.21. The van der Waals surface area contributed by atoms with Gasteiger partial charge in [-0.25, -0.2) is 4.57 Å². The molecule has 0 fully saturated rings. The Kier molecular flexibility index (Phi) is 7.24. The van der Waals surface area contributed by atoms with E-state index < -0.39 is 7.82 Å². The molecule has 0 radical (unpaired) electrons. The molecule has 1 unspecified atom stereocenters. The van der Waals surface area contributed by atoms with Gasteiger partial charge in [0.15, 0.2) is 0 Å². The molecule has 6 heteroatoms. The quantitative estimate of drug-likeness (QED) is 0.538. The van der Waals surface area contributed by atoms with E-state index in [4.69, 9.17) is 4.52 Å². The summed E-state index contributed by atoms with van der Waals surface area (Å²) in [6.07, 6.45) is 1.56. The highest BCUT2D eigenvalue weighted by molar-refractivity contribution is 7.47. The lowest BCUT2D eigenvalue weighted by Gasteiger charge is -2.11. The van der Waals surface area contributed by atoms with Crippen molar-refractivity contribution in [3.8, 4) is 0 Å². The molecular weight excluding hydrogens is 277 g/mol. The first kappa shape index (κ1) is 17.2. The highest BCUT2D eigenvalue weighted by Gasteiger charge is 2.18. The molecule has 0 bridgehead atoms. The molecule has 0 saturated heterocycles. The number of nitrogens with one attached hydrogen (secondary N) is 1. The highest BCUT2D eigenvalue weighted by Crippen LogP contribution is 2.42. The first-order valence-electron chi connectivity index (χ1n) is 6.87. The summed E-state index contributed by atoms with van der Waals surface area (Å²) >= 11 is 0. The summed E-state index contributed by atoms with van der Waals surface area (Å²) in [5.74, 6) is 0. The number of aryl methyl sites for hydroxylation is 2. The molecule has 0 aromatic heterocycles. The molecule has 114 valence electrons. The van der Waals surface area contributed by atoms with Crippen molar-refractivity contribution in [2.24, 2.45) is 0 Å². The van der Waals surface area contributed by atoms with Gasteiger partial charge in [0, 0.05) is 12.2 Å². The molecule has 1 aromatic rings. The van der Waals surface area contributed by atoms with E-state index in [9.17, 15) is 9.46 Å². The molecule has 0 amide bonds. The third-order valence-corrected chi connectivity index (χ3v) is 3.76. The minimum atomic E-state index is -3.83. The van der Waals surface area contributed by atoms with Crippen LogP contribution >= 0.6 is 7.82 Å². The zero-order chi connectivity index (χ0) is 15.0. The Balaban J connectivity index is 2.18. The molecular formula is C14H24NO4P. The molecule has 0 aliphatic heterocycles. The van der Waals surface area contributed by atoms with Crippen molar-refractivity contribution in [1.82, 2.24) is 0 Å². The van der Waals surface area contributed by atoms with Crippen LogP contribution in [-0.2, 0) is 13.6 Å². The number of rotatable bonds is 9. The second kappa shape index (κ2) is 8.42. The van der Waals surface area contributed by atoms with Crippen LogP contribution in [-0.4, -0.2) is 24.7 Å². The van der Waals surface area contributed by atoms with E-state index in [1.54, 1.807) is 6.92 Å². The Morgan fingerprint density at radius 3 is 2.40 bits per heavy atom. The molecule has 0 saturated carbocycles. The van der Waals surface area contributed by atoms with Gasteiger partial charge >= 0.3 is 7.82 Å². The van der Waals surface area contributed by atoms with Gasteiger partial charge in [0.2, 0.25) is 0 Å². The molecule has 1 rings (SSSR count). The number of phosphoric acid groups is 1. The zero-order valence-corrected chi connectivity index (χ0v) is 13.3. The number of unbranched alkanes of at least 4 members (excludes halogenated alkanes) is 1. The first-order chi connectivity index (χ1) is 9.43. The maximum atomic E-state index is 11.2. The van der Waals surface area contributed by atoms with E-state index in [0.717, 1.165) is 18.7 Å². The van der Waals surface area contributed by atoms with Crippen molar-refractivity contribution in [1.29, 1.82) is 0 Å². The summed E-state index contributed by atoms with van der Waals surface area (Å²) in [6.45, 7) is 6.98. The van der Waals surface area contributed by atoms with Crippen LogP contribution in [0, 0.1) is 13.8 Å². The van der Waals surface area contributed by atoms with Gasteiger partial charge < -0.3 is 10.2 Å². The van der Waals surface area contributed by atoms with Crippen LogP contribution in [0.3, 0.4) is 0 Å². The van der Waals surface area contributed by atoms with Gasteiger partial charge in [0.05, 0.1) is 13.2 Å². The molecule has 0 aliphatic carbocycles. The van der Waals surface area contributed by atoms with Gasteiger partial charge in [-0.3, -0.25) is 9.05 Å². The van der Waals surface area contributed by atoms with Crippen molar-refractivity contribution < 1.29 is 18.5 Å². The summed E-state index contributed by atoms with van der Waals surface area (Å²) in [5, 5.41) is 3.33. The van der Waals surface area contributed by atoms with Crippen LogP contribution in [0.15, 0.2) is 18.2 Å². The normalized spacial score (nSPS) is 14.0. The minimum Gasteiger partial charge on any atom is -0.385 e. The fourth-order valence-electron chi connectivity index (χ4n) is 1.92. The fraction of sp³-hybridized carbons (Fsp3) is 0.571. The smallest absolute Gasteiger partial charge is 0.385 e. The minimum absolute atomic E-state index is 0.169. The van der Waals surface area contributed by atoms with Gasteiger partial charge in [-0.2, -0.15) is 0 Å². The standard InChI is InChI=1S/C14H24NO4P/c1-4-18-20(16,17)19-8-6-5-7-15-14-10-12(2)9-13(3)11-14/h9-11,15H,4-8H2,1-3H3,(H,16,17). The van der Waals surface area contributed by atoms with Crippen LogP contribution in [0.4, 0.5) is 5.69 Å². The van der Waals surface area contributed by atoms with Crippen LogP contribution in [0.2, 0.25) is 0 Å². The average Bonchev–Trinajstić information content (AvgIpc) is 2.32. The van der Waals surface area contributed by atoms with E-state index >= 15 is 0 Å². The molecule has 1 atom stereocenters. The second-order valence-electron chi connectivity index (χ2n) is 4.73. The Bertz CT molecular complexity index is 444. The predicted octanol–water partition coefficient (Wildman–Crippen LogP) is 3.65. The molecule has 1 aromatic carbocycles. The maximum Gasteiger partial charge on any atom is 0.472 e. The molecule has 2 N–H and O–H groups in total. The van der Waals surface area contributed by atoms with Crippen LogP contribution in [0.5, 0.6) is 0 Å². The highest BCUT2D eigenvalue weighted by atomic mass is 31.2.